The highest BCUT2D eigenvalue weighted by atomic mass is 16.5. The molecule has 0 radical (unpaired) electrons. The van der Waals surface area contributed by atoms with Crippen LogP contribution in [0.3, 0.4) is 0 Å². The number of urea groups is 1. The molecule has 6 heteroatoms. The van der Waals surface area contributed by atoms with E-state index in [4.69, 9.17) is 4.74 Å². The molecule has 96 valence electrons. The molecule has 0 aliphatic carbocycles. The summed E-state index contributed by atoms with van der Waals surface area (Å²) in [5.41, 5.74) is 1.17. The van der Waals surface area contributed by atoms with Gasteiger partial charge in [0.05, 0.1) is 26.7 Å². The topological polar surface area (TPSA) is 76.7 Å². The molecule has 1 heterocycles. The summed E-state index contributed by atoms with van der Waals surface area (Å²) in [7, 11) is 1.32. The molecule has 0 saturated carbocycles. The zero-order chi connectivity index (χ0) is 12.5. The van der Waals surface area contributed by atoms with Crippen LogP contribution in [0.25, 0.3) is 0 Å². The second-order valence-electron chi connectivity index (χ2n) is 3.64. The van der Waals surface area contributed by atoms with Crippen molar-refractivity contribution < 1.29 is 19.1 Å². The number of ether oxygens (including phenoxy) is 2. The van der Waals surface area contributed by atoms with Crippen LogP contribution in [0.2, 0.25) is 0 Å². The Morgan fingerprint density at radius 3 is 2.76 bits per heavy atom. The van der Waals surface area contributed by atoms with Crippen molar-refractivity contribution in [2.45, 2.75) is 19.3 Å². The minimum Gasteiger partial charge on any atom is -0.469 e. The van der Waals surface area contributed by atoms with Gasteiger partial charge in [-0.1, -0.05) is 0 Å². The fourth-order valence-electron chi connectivity index (χ4n) is 1.38. The lowest BCUT2D eigenvalue weighted by Gasteiger charge is -2.14. The van der Waals surface area contributed by atoms with E-state index in [2.05, 4.69) is 15.4 Å². The van der Waals surface area contributed by atoms with Gasteiger partial charge in [-0.05, 0) is 18.4 Å². The van der Waals surface area contributed by atoms with Crippen molar-refractivity contribution in [2.75, 3.05) is 26.9 Å². The maximum Gasteiger partial charge on any atom is 0.318 e. The molecule has 0 aromatic carbocycles. The fourth-order valence-corrected chi connectivity index (χ4v) is 1.38. The Morgan fingerprint density at radius 2 is 2.12 bits per heavy atom. The van der Waals surface area contributed by atoms with Crippen LogP contribution in [0.5, 0.6) is 0 Å². The molecule has 0 spiro atoms. The monoisotopic (exact) mass is 242 g/mol. The van der Waals surface area contributed by atoms with E-state index >= 15 is 0 Å². The summed E-state index contributed by atoms with van der Waals surface area (Å²) in [4.78, 5) is 22.1. The van der Waals surface area contributed by atoms with Gasteiger partial charge in [0.15, 0.2) is 0 Å². The van der Waals surface area contributed by atoms with Crippen LogP contribution in [0.15, 0.2) is 11.8 Å². The van der Waals surface area contributed by atoms with E-state index in [0.29, 0.717) is 13.2 Å². The number of esters is 1. The number of rotatable bonds is 4. The lowest BCUT2D eigenvalue weighted by atomic mass is 10.1. The summed E-state index contributed by atoms with van der Waals surface area (Å²) in [6, 6.07) is -0.312. The minimum atomic E-state index is -0.340. The van der Waals surface area contributed by atoms with E-state index in [9.17, 15) is 9.59 Å². The third-order valence-electron chi connectivity index (χ3n) is 2.38. The normalized spacial score (nSPS) is 15.0. The van der Waals surface area contributed by atoms with Crippen LogP contribution in [0.4, 0.5) is 4.79 Å². The van der Waals surface area contributed by atoms with Crippen LogP contribution in [0.1, 0.15) is 19.3 Å². The lowest BCUT2D eigenvalue weighted by Crippen LogP contribution is -2.34. The van der Waals surface area contributed by atoms with Gasteiger partial charge < -0.3 is 20.1 Å². The third-order valence-corrected chi connectivity index (χ3v) is 2.38. The molecule has 17 heavy (non-hydrogen) atoms. The molecule has 0 aromatic rings. The highest BCUT2D eigenvalue weighted by molar-refractivity contribution is 5.76. The minimum absolute atomic E-state index is 0.175. The molecule has 0 unspecified atom stereocenters. The molecule has 1 saturated heterocycles. The van der Waals surface area contributed by atoms with E-state index in [0.717, 1.165) is 12.8 Å². The first-order valence-electron chi connectivity index (χ1n) is 5.59. The van der Waals surface area contributed by atoms with E-state index in [1.165, 1.54) is 12.7 Å². The Kier molecular flexibility index (Phi) is 6.09. The summed E-state index contributed by atoms with van der Waals surface area (Å²) in [5.74, 6) is -0.340. The van der Waals surface area contributed by atoms with Crippen LogP contribution >= 0.6 is 0 Å². The average Bonchev–Trinajstić information content (AvgIpc) is 2.37. The van der Waals surface area contributed by atoms with Crippen molar-refractivity contribution in [3.05, 3.63) is 11.8 Å². The van der Waals surface area contributed by atoms with Crippen LogP contribution in [-0.4, -0.2) is 38.9 Å². The molecule has 1 rings (SSSR count). The first-order valence-corrected chi connectivity index (χ1v) is 5.59. The Hall–Kier alpha value is -1.56. The number of carbonyl (C=O) groups is 2. The molecule has 0 atom stereocenters. The average molecular weight is 242 g/mol. The Labute approximate surface area is 100 Å². The van der Waals surface area contributed by atoms with Crippen LogP contribution in [-0.2, 0) is 14.3 Å². The Balaban J connectivity index is 2.14. The number of hydrogen-bond acceptors (Lipinski definition) is 4. The smallest absolute Gasteiger partial charge is 0.318 e. The van der Waals surface area contributed by atoms with Gasteiger partial charge in [-0.2, -0.15) is 0 Å². The van der Waals surface area contributed by atoms with Gasteiger partial charge in [0.2, 0.25) is 0 Å². The standard InChI is InChI=1S/C11H18N2O4/c1-16-10(14)2-5-12-11(15)13-8-9-3-6-17-7-4-9/h8H,2-7H2,1H3,(H2,12,13,15). The quantitative estimate of drug-likeness (QED) is 0.705. The largest absolute Gasteiger partial charge is 0.469 e. The summed E-state index contributed by atoms with van der Waals surface area (Å²) >= 11 is 0. The van der Waals surface area contributed by atoms with Gasteiger partial charge in [-0.25, -0.2) is 4.79 Å². The van der Waals surface area contributed by atoms with Gasteiger partial charge in [-0.15, -0.1) is 0 Å². The molecule has 0 bridgehead atoms. The lowest BCUT2D eigenvalue weighted by molar-refractivity contribution is -0.140. The van der Waals surface area contributed by atoms with Gasteiger partial charge in [0.25, 0.3) is 0 Å². The third kappa shape index (κ3) is 5.91. The molecule has 1 fully saturated rings. The molecule has 1 aliphatic heterocycles. The predicted octanol–water partition coefficient (Wildman–Crippen LogP) is 0.543. The van der Waals surface area contributed by atoms with E-state index in [1.807, 2.05) is 0 Å². The highest BCUT2D eigenvalue weighted by Gasteiger charge is 2.06. The van der Waals surface area contributed by atoms with E-state index in [1.54, 1.807) is 6.20 Å². The van der Waals surface area contributed by atoms with Gasteiger partial charge in [0.1, 0.15) is 0 Å². The van der Waals surface area contributed by atoms with E-state index < -0.39 is 0 Å². The summed E-state index contributed by atoms with van der Waals surface area (Å²) in [6.07, 6.45) is 3.58. The second-order valence-corrected chi connectivity index (χ2v) is 3.64. The van der Waals surface area contributed by atoms with Gasteiger partial charge in [-0.3, -0.25) is 4.79 Å². The van der Waals surface area contributed by atoms with Crippen molar-refractivity contribution in [2.24, 2.45) is 0 Å². The van der Waals surface area contributed by atoms with Crippen molar-refractivity contribution in [3.8, 4) is 0 Å². The predicted molar refractivity (Wildman–Crippen MR) is 61.3 cm³/mol. The summed E-state index contributed by atoms with van der Waals surface area (Å²) < 4.78 is 9.64. The summed E-state index contributed by atoms with van der Waals surface area (Å²) in [6.45, 7) is 1.68. The number of amides is 2. The number of methoxy groups -OCH3 is 1. The molecule has 0 aromatic heterocycles. The first-order chi connectivity index (χ1) is 8.22. The molecule has 2 N–H and O–H groups in total. The molecule has 6 nitrogen and oxygen atoms in total. The van der Waals surface area contributed by atoms with Crippen LogP contribution < -0.4 is 10.6 Å². The molecular formula is C11H18N2O4. The zero-order valence-corrected chi connectivity index (χ0v) is 9.95. The van der Waals surface area contributed by atoms with Gasteiger partial charge in [0, 0.05) is 12.7 Å². The maximum atomic E-state index is 11.3. The van der Waals surface area contributed by atoms with E-state index in [-0.39, 0.29) is 25.0 Å². The Bertz CT molecular complexity index is 294. The summed E-state index contributed by atoms with van der Waals surface area (Å²) in [5, 5.41) is 5.19. The molecule has 1 aliphatic rings. The van der Waals surface area contributed by atoms with Crippen LogP contribution in [0, 0.1) is 0 Å². The SMILES string of the molecule is COC(=O)CCNC(=O)NC=C1CCOCC1. The number of hydrogen-bond donors (Lipinski definition) is 2. The maximum absolute atomic E-state index is 11.3. The highest BCUT2D eigenvalue weighted by Crippen LogP contribution is 2.11. The second kappa shape index (κ2) is 7.67. The van der Waals surface area contributed by atoms with Crippen molar-refractivity contribution in [1.82, 2.24) is 10.6 Å². The first kappa shape index (κ1) is 13.5. The molecular weight excluding hydrogens is 224 g/mol. The zero-order valence-electron chi connectivity index (χ0n) is 9.95. The Morgan fingerprint density at radius 1 is 1.41 bits per heavy atom. The molecule has 2 amide bonds. The van der Waals surface area contributed by atoms with Crippen molar-refractivity contribution in [3.63, 3.8) is 0 Å². The number of carbonyl (C=O) groups excluding carboxylic acids is 2. The fraction of sp³-hybridized carbons (Fsp3) is 0.636. The van der Waals surface area contributed by atoms with Gasteiger partial charge >= 0.3 is 12.0 Å². The van der Waals surface area contributed by atoms with Crippen molar-refractivity contribution in [1.29, 1.82) is 0 Å². The number of nitrogens with one attached hydrogen (secondary N) is 2. The van der Waals surface area contributed by atoms with Crippen molar-refractivity contribution >= 4 is 12.0 Å².